The van der Waals surface area contributed by atoms with Crippen LogP contribution in [0, 0.1) is 6.92 Å². The zero-order valence-corrected chi connectivity index (χ0v) is 16.0. The van der Waals surface area contributed by atoms with E-state index >= 15 is 0 Å². The molecule has 1 heterocycles. The van der Waals surface area contributed by atoms with Crippen LogP contribution in [0.1, 0.15) is 33.6 Å². The zero-order chi connectivity index (χ0) is 20.4. The summed E-state index contributed by atoms with van der Waals surface area (Å²) in [6, 6.07) is 16.5. The molecule has 1 aliphatic carbocycles. The minimum absolute atomic E-state index is 0.0501. The van der Waals surface area contributed by atoms with Gasteiger partial charge in [-0.1, -0.05) is 48.0 Å². The molecule has 1 aliphatic rings. The second-order valence-corrected chi connectivity index (χ2v) is 6.92. The number of hydrogen-bond acceptors (Lipinski definition) is 4. The van der Waals surface area contributed by atoms with E-state index in [0.29, 0.717) is 35.5 Å². The summed E-state index contributed by atoms with van der Waals surface area (Å²) >= 11 is 0. The minimum Gasteiger partial charge on any atom is -0.511 e. The molecule has 3 aromatic rings. The van der Waals surface area contributed by atoms with Crippen LogP contribution in [0.4, 0.5) is 0 Å². The summed E-state index contributed by atoms with van der Waals surface area (Å²) in [5, 5.41) is 10.5. The Morgan fingerprint density at radius 1 is 1.07 bits per heavy atom. The fraction of sp³-hybridized carbons (Fsp3) is 0.130. The largest absolute Gasteiger partial charge is 0.511 e. The highest BCUT2D eigenvalue weighted by Gasteiger charge is 2.25. The summed E-state index contributed by atoms with van der Waals surface area (Å²) in [5.74, 6) is 0.0838. The van der Waals surface area contributed by atoms with Crippen molar-refractivity contribution in [2.45, 2.75) is 19.8 Å². The van der Waals surface area contributed by atoms with Gasteiger partial charge in [0.25, 0.3) is 5.91 Å². The molecule has 0 unspecified atom stereocenters. The van der Waals surface area contributed by atoms with Crippen molar-refractivity contribution < 1.29 is 9.90 Å². The molecule has 6 heteroatoms. The van der Waals surface area contributed by atoms with Gasteiger partial charge in [0.2, 0.25) is 0 Å². The topological polar surface area (TPSA) is 101 Å². The van der Waals surface area contributed by atoms with Crippen molar-refractivity contribution >= 4 is 17.3 Å². The average molecular weight is 384 g/mol. The summed E-state index contributed by atoms with van der Waals surface area (Å²) in [5.41, 5.74) is 10.2. The molecule has 0 bridgehead atoms. The van der Waals surface area contributed by atoms with Crippen molar-refractivity contribution in [1.82, 2.24) is 9.97 Å². The third kappa shape index (κ3) is 3.78. The molecule has 1 amide bonds. The van der Waals surface area contributed by atoms with Crippen LogP contribution in [-0.2, 0) is 6.42 Å². The molecule has 0 saturated carbocycles. The van der Waals surface area contributed by atoms with Gasteiger partial charge in [-0.2, -0.15) is 4.99 Å². The lowest BCUT2D eigenvalue weighted by atomic mass is 9.94. The molecule has 0 spiro atoms. The summed E-state index contributed by atoms with van der Waals surface area (Å²) in [6.07, 6.45) is 2.74. The summed E-state index contributed by atoms with van der Waals surface area (Å²) in [7, 11) is 0. The van der Waals surface area contributed by atoms with Crippen molar-refractivity contribution in [1.29, 1.82) is 0 Å². The number of carbonyl (C=O) groups excluding carboxylic acids is 1. The maximum Gasteiger partial charge on any atom is 0.278 e. The zero-order valence-electron chi connectivity index (χ0n) is 16.0. The normalized spacial score (nSPS) is 13.9. The standard InChI is InChI=1S/C23H20N4O2/c1-14-7-9-15(10-8-14)22-25-13-17-11-12-18(28)19(20(17)26-22)21(24)27-23(29)16-5-3-2-4-6-16/h2-10,13,28H,11-12H2,1H3,(H2,24,27,29). The van der Waals surface area contributed by atoms with Gasteiger partial charge in [0.1, 0.15) is 11.6 Å². The van der Waals surface area contributed by atoms with Crippen LogP contribution in [0.15, 0.2) is 71.5 Å². The Hall–Kier alpha value is -3.80. The number of nitrogens with two attached hydrogens (primary N) is 1. The Morgan fingerprint density at radius 3 is 2.52 bits per heavy atom. The van der Waals surface area contributed by atoms with Crippen LogP contribution in [-0.4, -0.2) is 26.8 Å². The second-order valence-electron chi connectivity index (χ2n) is 6.92. The van der Waals surface area contributed by atoms with Crippen LogP contribution >= 0.6 is 0 Å². The number of allylic oxidation sites excluding steroid dienone is 1. The molecular weight excluding hydrogens is 364 g/mol. The maximum atomic E-state index is 12.4. The number of fused-ring (bicyclic) bond motifs is 1. The molecule has 1 aromatic heterocycles. The van der Waals surface area contributed by atoms with Crippen molar-refractivity contribution in [2.24, 2.45) is 10.7 Å². The monoisotopic (exact) mass is 384 g/mol. The average Bonchev–Trinajstić information content (AvgIpc) is 2.74. The lowest BCUT2D eigenvalue weighted by Crippen LogP contribution is -2.22. The number of amides is 1. The summed E-state index contributed by atoms with van der Waals surface area (Å²) < 4.78 is 0. The number of benzene rings is 2. The van der Waals surface area contributed by atoms with E-state index in [1.165, 1.54) is 0 Å². The molecule has 0 saturated heterocycles. The van der Waals surface area contributed by atoms with E-state index in [1.54, 1.807) is 30.5 Å². The van der Waals surface area contributed by atoms with Crippen LogP contribution < -0.4 is 5.73 Å². The molecule has 0 aliphatic heterocycles. The first-order valence-electron chi connectivity index (χ1n) is 9.32. The first kappa shape index (κ1) is 18.6. The van der Waals surface area contributed by atoms with E-state index in [0.717, 1.165) is 16.7 Å². The molecule has 0 atom stereocenters. The van der Waals surface area contributed by atoms with Crippen LogP contribution in [0.5, 0.6) is 0 Å². The number of nitrogens with zero attached hydrogens (tertiary/aromatic N) is 3. The van der Waals surface area contributed by atoms with E-state index in [2.05, 4.69) is 15.0 Å². The second kappa shape index (κ2) is 7.67. The SMILES string of the molecule is Cc1ccc(-c2ncc3c(n2)C(C(N)=NC(=O)c2ccccc2)=C(O)CC3)cc1. The number of aryl methyl sites for hydroxylation is 2. The molecule has 6 nitrogen and oxygen atoms in total. The molecule has 2 aromatic carbocycles. The Balaban J connectivity index is 1.75. The predicted molar refractivity (Wildman–Crippen MR) is 112 cm³/mol. The molecule has 29 heavy (non-hydrogen) atoms. The fourth-order valence-electron chi connectivity index (χ4n) is 3.24. The van der Waals surface area contributed by atoms with Gasteiger partial charge in [-0.15, -0.1) is 0 Å². The van der Waals surface area contributed by atoms with Crippen molar-refractivity contribution in [3.8, 4) is 11.4 Å². The molecule has 0 radical (unpaired) electrons. The first-order chi connectivity index (χ1) is 14.0. The fourth-order valence-corrected chi connectivity index (χ4v) is 3.24. The Kier molecular flexibility index (Phi) is 4.91. The first-order valence-corrected chi connectivity index (χ1v) is 9.32. The van der Waals surface area contributed by atoms with Gasteiger partial charge in [-0.3, -0.25) is 4.79 Å². The summed E-state index contributed by atoms with van der Waals surface area (Å²) in [6.45, 7) is 2.01. The summed E-state index contributed by atoms with van der Waals surface area (Å²) in [4.78, 5) is 25.5. The van der Waals surface area contributed by atoms with Gasteiger partial charge >= 0.3 is 0 Å². The maximum absolute atomic E-state index is 12.4. The highest BCUT2D eigenvalue weighted by molar-refractivity contribution is 6.26. The molecule has 144 valence electrons. The number of amidine groups is 1. The van der Waals surface area contributed by atoms with Crippen LogP contribution in [0.25, 0.3) is 17.0 Å². The number of carbonyl (C=O) groups is 1. The number of hydrogen-bond donors (Lipinski definition) is 2. The Labute approximate surface area is 168 Å². The molecule has 3 N–H and O–H groups in total. The number of aromatic nitrogens is 2. The highest BCUT2D eigenvalue weighted by Crippen LogP contribution is 2.30. The van der Waals surface area contributed by atoms with Crippen molar-refractivity contribution in [3.05, 3.63) is 88.9 Å². The molecule has 4 rings (SSSR count). The third-order valence-corrected chi connectivity index (χ3v) is 4.83. The predicted octanol–water partition coefficient (Wildman–Crippen LogP) is 3.86. The number of aliphatic hydroxyl groups excluding tert-OH is 1. The number of aliphatic imine (C=N–C) groups is 1. The lowest BCUT2D eigenvalue weighted by molar-refractivity contribution is 0.100. The van der Waals surface area contributed by atoms with Gasteiger partial charge in [0, 0.05) is 23.7 Å². The van der Waals surface area contributed by atoms with E-state index < -0.39 is 5.91 Å². The van der Waals surface area contributed by atoms with E-state index in [-0.39, 0.29) is 11.6 Å². The van der Waals surface area contributed by atoms with Gasteiger partial charge in [-0.25, -0.2) is 9.97 Å². The highest BCUT2D eigenvalue weighted by atomic mass is 16.3. The Morgan fingerprint density at radius 2 is 1.79 bits per heavy atom. The van der Waals surface area contributed by atoms with Crippen LogP contribution in [0.2, 0.25) is 0 Å². The van der Waals surface area contributed by atoms with E-state index in [4.69, 9.17) is 5.73 Å². The van der Waals surface area contributed by atoms with E-state index in [1.807, 2.05) is 37.3 Å². The lowest BCUT2D eigenvalue weighted by Gasteiger charge is -2.19. The van der Waals surface area contributed by atoms with Gasteiger partial charge < -0.3 is 10.8 Å². The van der Waals surface area contributed by atoms with Crippen LogP contribution in [0.3, 0.4) is 0 Å². The van der Waals surface area contributed by atoms with Crippen molar-refractivity contribution in [3.63, 3.8) is 0 Å². The Bertz CT molecular complexity index is 1130. The number of aliphatic hydroxyl groups is 1. The van der Waals surface area contributed by atoms with Gasteiger partial charge in [-0.05, 0) is 31.0 Å². The van der Waals surface area contributed by atoms with Gasteiger partial charge in [0.05, 0.1) is 11.3 Å². The minimum atomic E-state index is -0.469. The molecular formula is C23H20N4O2. The third-order valence-electron chi connectivity index (χ3n) is 4.83. The quantitative estimate of drug-likeness (QED) is 0.527. The van der Waals surface area contributed by atoms with Crippen molar-refractivity contribution in [2.75, 3.05) is 0 Å². The number of rotatable bonds is 3. The van der Waals surface area contributed by atoms with Gasteiger partial charge in [0.15, 0.2) is 5.82 Å². The smallest absolute Gasteiger partial charge is 0.278 e. The van der Waals surface area contributed by atoms with E-state index in [9.17, 15) is 9.90 Å². The molecule has 0 fully saturated rings.